The fourth-order valence-corrected chi connectivity index (χ4v) is 5.50. The van der Waals surface area contributed by atoms with Crippen molar-refractivity contribution in [1.29, 1.82) is 0 Å². The zero-order valence-electron chi connectivity index (χ0n) is 19.1. The number of ether oxygens (including phenoxy) is 1. The highest BCUT2D eigenvalue weighted by atomic mass is 32.2. The summed E-state index contributed by atoms with van der Waals surface area (Å²) in [7, 11) is -3.56. The summed E-state index contributed by atoms with van der Waals surface area (Å²) in [6.07, 6.45) is 0.672. The van der Waals surface area contributed by atoms with E-state index in [9.17, 15) is 13.2 Å². The van der Waals surface area contributed by atoms with Crippen LogP contribution in [0.25, 0.3) is 0 Å². The summed E-state index contributed by atoms with van der Waals surface area (Å²) in [5.41, 5.74) is 2.49. The molecule has 1 atom stereocenters. The first kappa shape index (κ1) is 23.3. The van der Waals surface area contributed by atoms with Gasteiger partial charge in [0.2, 0.25) is 15.9 Å². The van der Waals surface area contributed by atoms with Crippen molar-refractivity contribution in [1.82, 2.24) is 9.62 Å². The fraction of sp³-hybridized carbons (Fsp3) is 0.417. The maximum absolute atomic E-state index is 12.9. The maximum atomic E-state index is 12.9. The molecule has 0 aromatic heterocycles. The number of aryl methyl sites for hydroxylation is 2. The molecule has 0 radical (unpaired) electrons. The van der Waals surface area contributed by atoms with Gasteiger partial charge in [0.15, 0.2) is 0 Å². The Hall–Kier alpha value is -2.91. The molecule has 176 valence electrons. The van der Waals surface area contributed by atoms with Crippen molar-refractivity contribution >= 4 is 22.0 Å². The van der Waals surface area contributed by atoms with Gasteiger partial charge in [0.1, 0.15) is 5.60 Å². The lowest BCUT2D eigenvalue weighted by Gasteiger charge is -2.36. The number of oxime groups is 1. The van der Waals surface area contributed by atoms with Crippen LogP contribution in [0.4, 0.5) is 4.79 Å². The van der Waals surface area contributed by atoms with Crippen LogP contribution >= 0.6 is 0 Å². The highest BCUT2D eigenvalue weighted by Crippen LogP contribution is 2.36. The first-order valence-electron chi connectivity index (χ1n) is 11.0. The number of piperidine rings is 1. The van der Waals surface area contributed by atoms with Crippen molar-refractivity contribution in [3.8, 4) is 0 Å². The summed E-state index contributed by atoms with van der Waals surface area (Å²) >= 11 is 0. The summed E-state index contributed by atoms with van der Waals surface area (Å²) in [5.74, 6) is 0.207. The topological polar surface area (TPSA) is 97.3 Å². The van der Waals surface area contributed by atoms with Gasteiger partial charge in [0.05, 0.1) is 17.4 Å². The molecule has 9 heteroatoms. The Labute approximate surface area is 194 Å². The third-order valence-electron chi connectivity index (χ3n) is 6.23. The summed E-state index contributed by atoms with van der Waals surface area (Å²) in [4.78, 5) is 18.3. The zero-order chi connectivity index (χ0) is 23.6. The van der Waals surface area contributed by atoms with Crippen LogP contribution in [0, 0.1) is 13.8 Å². The van der Waals surface area contributed by atoms with Gasteiger partial charge in [0.25, 0.3) is 0 Å². The number of rotatable bonds is 4. The molecular formula is C24H29N3O5S. The summed E-state index contributed by atoms with van der Waals surface area (Å²) in [6.45, 7) is 6.43. The molecule has 2 aliphatic rings. The number of sulfonamides is 1. The highest BCUT2D eigenvalue weighted by Gasteiger charge is 2.45. The van der Waals surface area contributed by atoms with Gasteiger partial charge in [-0.25, -0.2) is 13.2 Å². The molecule has 1 amide bonds. The molecule has 1 fully saturated rings. The average Bonchev–Trinajstić information content (AvgIpc) is 3.16. The maximum Gasteiger partial charge on any atom is 0.414 e. The zero-order valence-corrected chi connectivity index (χ0v) is 19.9. The Kier molecular flexibility index (Phi) is 6.45. The molecule has 2 heterocycles. The largest absolute Gasteiger partial charge is 0.414 e. The highest BCUT2D eigenvalue weighted by molar-refractivity contribution is 7.89. The third kappa shape index (κ3) is 5.20. The number of alkyl carbamates (subject to hydrolysis) is 1. The standard InChI is InChI=1S/C24H29N3O5S/c1-17-4-8-20(9-5-17)19(3)25-23(28)31-22-16-24(32-26-22)12-14-27(15-13-24)33(29,30)21-10-6-18(2)7-11-21/h4-11,19H,12-16H2,1-3H3,(H,25,28). The molecule has 33 heavy (non-hydrogen) atoms. The first-order valence-corrected chi connectivity index (χ1v) is 12.5. The van der Waals surface area contributed by atoms with Crippen LogP contribution in [0.5, 0.6) is 0 Å². The van der Waals surface area contributed by atoms with Crippen molar-refractivity contribution in [3.63, 3.8) is 0 Å². The number of benzene rings is 2. The smallest absolute Gasteiger partial charge is 0.392 e. The Morgan fingerprint density at radius 1 is 1.06 bits per heavy atom. The van der Waals surface area contributed by atoms with E-state index in [2.05, 4.69) is 10.5 Å². The van der Waals surface area contributed by atoms with Crippen molar-refractivity contribution in [3.05, 3.63) is 65.2 Å². The van der Waals surface area contributed by atoms with Crippen molar-refractivity contribution in [2.45, 2.75) is 56.6 Å². The van der Waals surface area contributed by atoms with Crippen molar-refractivity contribution in [2.24, 2.45) is 5.16 Å². The van der Waals surface area contributed by atoms with Gasteiger partial charge in [-0.1, -0.05) is 52.7 Å². The first-order chi connectivity index (χ1) is 15.7. The predicted octanol–water partition coefficient (Wildman–Crippen LogP) is 4.05. The van der Waals surface area contributed by atoms with Gasteiger partial charge in [-0.05, 0) is 38.5 Å². The number of nitrogens with one attached hydrogen (secondary N) is 1. The fourth-order valence-electron chi connectivity index (χ4n) is 4.06. The molecule has 2 aromatic rings. The van der Waals surface area contributed by atoms with Crippen LogP contribution in [0.3, 0.4) is 0 Å². The third-order valence-corrected chi connectivity index (χ3v) is 8.14. The van der Waals surface area contributed by atoms with Crippen LogP contribution in [0.2, 0.25) is 0 Å². The molecule has 0 saturated carbocycles. The second kappa shape index (κ2) is 9.15. The molecule has 1 unspecified atom stereocenters. The Bertz CT molecular complexity index is 1140. The minimum atomic E-state index is -3.56. The van der Waals surface area contributed by atoms with Crippen LogP contribution in [0.15, 0.2) is 58.6 Å². The monoisotopic (exact) mass is 471 g/mol. The van der Waals surface area contributed by atoms with E-state index >= 15 is 0 Å². The number of carbonyl (C=O) groups is 1. The normalized spacial score (nSPS) is 18.9. The molecule has 8 nitrogen and oxygen atoms in total. The molecular weight excluding hydrogens is 442 g/mol. The lowest BCUT2D eigenvalue weighted by Crippen LogP contribution is -2.46. The minimum absolute atomic E-state index is 0.207. The number of hydrogen-bond acceptors (Lipinski definition) is 6. The van der Waals surface area contributed by atoms with E-state index in [1.165, 1.54) is 4.31 Å². The van der Waals surface area contributed by atoms with E-state index in [1.54, 1.807) is 24.3 Å². The Morgan fingerprint density at radius 2 is 1.64 bits per heavy atom. The van der Waals surface area contributed by atoms with E-state index in [-0.39, 0.29) is 16.8 Å². The van der Waals surface area contributed by atoms with Gasteiger partial charge < -0.3 is 14.9 Å². The minimum Gasteiger partial charge on any atom is -0.392 e. The number of hydrogen-bond donors (Lipinski definition) is 1. The summed E-state index contributed by atoms with van der Waals surface area (Å²) in [5, 5.41) is 6.76. The van der Waals surface area contributed by atoms with Gasteiger partial charge in [-0.3, -0.25) is 0 Å². The molecule has 0 aliphatic carbocycles. The SMILES string of the molecule is Cc1ccc(C(C)NC(=O)OC2=NOC3(CCN(S(=O)(=O)c4ccc(C)cc4)CC3)C2)cc1. The molecule has 0 bridgehead atoms. The van der Waals surface area contributed by atoms with Crippen molar-refractivity contribution < 1.29 is 22.8 Å². The van der Waals surface area contributed by atoms with E-state index in [4.69, 9.17) is 9.57 Å². The quantitative estimate of drug-likeness (QED) is 0.726. The summed E-state index contributed by atoms with van der Waals surface area (Å²) < 4.78 is 32.7. The number of carbonyl (C=O) groups excluding carboxylic acids is 1. The molecule has 4 rings (SSSR count). The van der Waals surface area contributed by atoms with Gasteiger partial charge in [-0.15, -0.1) is 0 Å². The average molecular weight is 472 g/mol. The number of nitrogens with zero attached hydrogens (tertiary/aromatic N) is 2. The molecule has 1 saturated heterocycles. The van der Waals surface area contributed by atoms with Crippen molar-refractivity contribution in [2.75, 3.05) is 13.1 Å². The lowest BCUT2D eigenvalue weighted by atomic mass is 9.89. The lowest BCUT2D eigenvalue weighted by molar-refractivity contribution is -0.0506. The Morgan fingerprint density at radius 3 is 2.24 bits per heavy atom. The van der Waals surface area contributed by atoms with E-state index in [1.807, 2.05) is 45.0 Å². The molecule has 1 N–H and O–H groups in total. The predicted molar refractivity (Wildman–Crippen MR) is 124 cm³/mol. The summed E-state index contributed by atoms with van der Waals surface area (Å²) in [6, 6.07) is 14.5. The molecule has 2 aromatic carbocycles. The van der Waals surface area contributed by atoms with Crippen LogP contribution < -0.4 is 5.32 Å². The molecule has 2 aliphatic heterocycles. The van der Waals surface area contributed by atoms with Crippen LogP contribution in [-0.4, -0.2) is 43.4 Å². The Balaban J connectivity index is 1.29. The van der Waals surface area contributed by atoms with Crippen LogP contribution in [0.1, 0.15) is 48.9 Å². The second-order valence-corrected chi connectivity index (χ2v) is 10.8. The van der Waals surface area contributed by atoms with E-state index in [0.717, 1.165) is 16.7 Å². The van der Waals surface area contributed by atoms with Gasteiger partial charge >= 0.3 is 6.09 Å². The van der Waals surface area contributed by atoms with Crippen LogP contribution in [-0.2, 0) is 19.6 Å². The van der Waals surface area contributed by atoms with E-state index in [0.29, 0.717) is 32.4 Å². The molecule has 1 spiro atoms. The van der Waals surface area contributed by atoms with Gasteiger partial charge in [-0.2, -0.15) is 4.31 Å². The van der Waals surface area contributed by atoms with Gasteiger partial charge in [0, 0.05) is 25.9 Å². The second-order valence-electron chi connectivity index (χ2n) is 8.82. The number of amides is 1. The van der Waals surface area contributed by atoms with E-state index < -0.39 is 21.7 Å².